The van der Waals surface area contributed by atoms with Gasteiger partial charge in [0.1, 0.15) is 18.2 Å². The van der Waals surface area contributed by atoms with E-state index in [1.165, 1.54) is 6.08 Å². The summed E-state index contributed by atoms with van der Waals surface area (Å²) < 4.78 is 32.4. The van der Waals surface area contributed by atoms with Gasteiger partial charge in [-0.15, -0.1) is 4.40 Å². The Morgan fingerprint density at radius 3 is 2.82 bits per heavy atom. The molecular formula is C20H19N3O4S. The van der Waals surface area contributed by atoms with E-state index in [1.807, 2.05) is 42.5 Å². The number of fused-ring (bicyclic) bond motifs is 2. The first kappa shape index (κ1) is 18.2. The van der Waals surface area contributed by atoms with Gasteiger partial charge in [-0.25, -0.2) is 8.42 Å². The standard InChI is InChI=1S/C20H19N3O4S/c24-20(17-6-8-19-22-28(25,26)12-10-23(19)14-17)21-9-11-27-18-7-5-15-3-1-2-4-16(15)13-18/h1-8,13-14H,9-12H2,(H,21,24). The van der Waals surface area contributed by atoms with Crippen molar-refractivity contribution in [3.8, 4) is 5.75 Å². The molecule has 0 saturated heterocycles. The Morgan fingerprint density at radius 2 is 1.96 bits per heavy atom. The number of amidine groups is 1. The second kappa shape index (κ2) is 7.47. The molecule has 0 fully saturated rings. The van der Waals surface area contributed by atoms with Crippen molar-refractivity contribution in [3.05, 3.63) is 66.4 Å². The molecule has 0 atom stereocenters. The van der Waals surface area contributed by atoms with E-state index in [2.05, 4.69) is 9.71 Å². The van der Waals surface area contributed by atoms with Gasteiger partial charge in [-0.05, 0) is 35.1 Å². The summed E-state index contributed by atoms with van der Waals surface area (Å²) in [5.41, 5.74) is 0.448. The molecule has 2 heterocycles. The molecule has 0 spiro atoms. The summed E-state index contributed by atoms with van der Waals surface area (Å²) in [5.74, 6) is 0.781. The number of hydrogen-bond acceptors (Lipinski definition) is 5. The average molecular weight is 397 g/mol. The Labute approximate surface area is 163 Å². The van der Waals surface area contributed by atoms with Gasteiger partial charge in [-0.1, -0.05) is 30.3 Å². The lowest BCUT2D eigenvalue weighted by atomic mass is 10.1. The lowest BCUT2D eigenvalue weighted by Gasteiger charge is -2.26. The highest BCUT2D eigenvalue weighted by Crippen LogP contribution is 2.20. The first-order valence-corrected chi connectivity index (χ1v) is 10.5. The molecule has 1 amide bonds. The minimum atomic E-state index is -3.40. The first-order chi connectivity index (χ1) is 13.5. The lowest BCUT2D eigenvalue weighted by Crippen LogP contribution is -2.38. The molecule has 2 aliphatic heterocycles. The van der Waals surface area contributed by atoms with E-state index in [0.29, 0.717) is 24.6 Å². The van der Waals surface area contributed by atoms with Crippen molar-refractivity contribution < 1.29 is 17.9 Å². The molecule has 144 valence electrons. The molecule has 4 rings (SSSR count). The van der Waals surface area contributed by atoms with Crippen LogP contribution in [0.3, 0.4) is 0 Å². The topological polar surface area (TPSA) is 88.1 Å². The van der Waals surface area contributed by atoms with Gasteiger partial charge < -0.3 is 15.0 Å². The third-order valence-corrected chi connectivity index (χ3v) is 5.63. The highest BCUT2D eigenvalue weighted by Gasteiger charge is 2.24. The van der Waals surface area contributed by atoms with Crippen molar-refractivity contribution in [1.82, 2.24) is 10.2 Å². The number of amides is 1. The Morgan fingerprint density at radius 1 is 1.14 bits per heavy atom. The normalized spacial score (nSPS) is 17.5. The first-order valence-electron chi connectivity index (χ1n) is 8.89. The van der Waals surface area contributed by atoms with Crippen LogP contribution in [0, 0.1) is 0 Å². The van der Waals surface area contributed by atoms with Gasteiger partial charge in [-0.2, -0.15) is 0 Å². The molecule has 28 heavy (non-hydrogen) atoms. The van der Waals surface area contributed by atoms with Crippen molar-refractivity contribution in [1.29, 1.82) is 0 Å². The second-order valence-electron chi connectivity index (χ2n) is 6.46. The molecule has 0 unspecified atom stereocenters. The molecule has 2 aromatic carbocycles. The summed E-state index contributed by atoms with van der Waals surface area (Å²) in [6.07, 6.45) is 4.72. The number of rotatable bonds is 5. The second-order valence-corrected chi connectivity index (χ2v) is 8.21. The van der Waals surface area contributed by atoms with E-state index in [4.69, 9.17) is 4.74 Å². The van der Waals surface area contributed by atoms with Crippen LogP contribution in [0.2, 0.25) is 0 Å². The van der Waals surface area contributed by atoms with Crippen LogP contribution in [0.1, 0.15) is 0 Å². The minimum Gasteiger partial charge on any atom is -0.492 e. The van der Waals surface area contributed by atoms with Gasteiger partial charge in [0.15, 0.2) is 0 Å². The number of benzene rings is 2. The summed E-state index contributed by atoms with van der Waals surface area (Å²) >= 11 is 0. The van der Waals surface area contributed by atoms with Crippen molar-refractivity contribution in [3.63, 3.8) is 0 Å². The quantitative estimate of drug-likeness (QED) is 0.778. The molecular weight excluding hydrogens is 378 g/mol. The van der Waals surface area contributed by atoms with Crippen LogP contribution in [0.4, 0.5) is 0 Å². The highest BCUT2D eigenvalue weighted by molar-refractivity contribution is 7.90. The van der Waals surface area contributed by atoms with E-state index in [0.717, 1.165) is 16.5 Å². The predicted octanol–water partition coefficient (Wildman–Crippen LogP) is 1.83. The van der Waals surface area contributed by atoms with Gasteiger partial charge in [0.05, 0.1) is 17.9 Å². The van der Waals surface area contributed by atoms with Gasteiger partial charge in [0.2, 0.25) is 0 Å². The van der Waals surface area contributed by atoms with Crippen LogP contribution >= 0.6 is 0 Å². The Hall–Kier alpha value is -3.13. The van der Waals surface area contributed by atoms with Crippen molar-refractivity contribution in [2.75, 3.05) is 25.4 Å². The summed E-state index contributed by atoms with van der Waals surface area (Å²) in [6, 6.07) is 13.9. The summed E-state index contributed by atoms with van der Waals surface area (Å²) in [5, 5.41) is 5.05. The van der Waals surface area contributed by atoms with Crippen molar-refractivity contribution in [2.24, 2.45) is 4.40 Å². The summed E-state index contributed by atoms with van der Waals surface area (Å²) in [6.45, 7) is 0.981. The molecule has 7 nitrogen and oxygen atoms in total. The van der Waals surface area contributed by atoms with E-state index in [1.54, 1.807) is 17.2 Å². The average Bonchev–Trinajstić information content (AvgIpc) is 2.70. The van der Waals surface area contributed by atoms with Gasteiger partial charge in [-0.3, -0.25) is 4.79 Å². The highest BCUT2D eigenvalue weighted by atomic mass is 32.2. The maximum atomic E-state index is 12.3. The fraction of sp³-hybridized carbons (Fsp3) is 0.200. The number of carbonyl (C=O) groups is 1. The van der Waals surface area contributed by atoms with E-state index in [9.17, 15) is 13.2 Å². The molecule has 0 bridgehead atoms. The van der Waals surface area contributed by atoms with E-state index in [-0.39, 0.29) is 18.2 Å². The summed E-state index contributed by atoms with van der Waals surface area (Å²) in [4.78, 5) is 14.0. The number of sulfonamides is 1. The molecule has 0 radical (unpaired) electrons. The van der Waals surface area contributed by atoms with Crippen LogP contribution in [0.15, 0.2) is 70.8 Å². The number of hydrogen-bond donors (Lipinski definition) is 1. The zero-order chi connectivity index (χ0) is 19.6. The number of nitrogens with one attached hydrogen (secondary N) is 1. The maximum absolute atomic E-state index is 12.3. The lowest BCUT2D eigenvalue weighted by molar-refractivity contribution is -0.117. The SMILES string of the molecule is O=C(NCCOc1ccc2ccccc2c1)C1=CN2CCS(=O)(=O)N=C2C=C1. The molecule has 0 saturated carbocycles. The molecule has 0 aliphatic carbocycles. The fourth-order valence-electron chi connectivity index (χ4n) is 3.03. The molecule has 0 aromatic heterocycles. The van der Waals surface area contributed by atoms with Gasteiger partial charge >= 0.3 is 0 Å². The van der Waals surface area contributed by atoms with Crippen LogP contribution in [0.5, 0.6) is 5.75 Å². The predicted molar refractivity (Wildman–Crippen MR) is 108 cm³/mol. The van der Waals surface area contributed by atoms with Crippen molar-refractivity contribution in [2.45, 2.75) is 0 Å². The molecule has 1 N–H and O–H groups in total. The molecule has 2 aliphatic rings. The van der Waals surface area contributed by atoms with Crippen molar-refractivity contribution >= 4 is 32.5 Å². The Balaban J connectivity index is 1.30. The van der Waals surface area contributed by atoms with E-state index >= 15 is 0 Å². The van der Waals surface area contributed by atoms with Crippen LogP contribution in [0.25, 0.3) is 10.8 Å². The summed E-state index contributed by atoms with van der Waals surface area (Å²) in [7, 11) is -3.40. The minimum absolute atomic E-state index is 0.0602. The zero-order valence-corrected chi connectivity index (χ0v) is 15.9. The zero-order valence-electron chi connectivity index (χ0n) is 15.0. The number of nitrogens with zero attached hydrogens (tertiary/aromatic N) is 2. The largest absolute Gasteiger partial charge is 0.492 e. The number of ether oxygens (including phenoxy) is 1. The van der Waals surface area contributed by atoms with Crippen LogP contribution < -0.4 is 10.1 Å². The molecule has 8 heteroatoms. The van der Waals surface area contributed by atoms with Crippen LogP contribution in [-0.2, 0) is 14.8 Å². The van der Waals surface area contributed by atoms with Gasteiger partial charge in [0.25, 0.3) is 15.9 Å². The monoisotopic (exact) mass is 397 g/mol. The third kappa shape index (κ3) is 4.07. The molecule has 2 aromatic rings. The smallest absolute Gasteiger partial charge is 0.256 e. The maximum Gasteiger partial charge on any atom is 0.256 e. The Kier molecular flexibility index (Phi) is 4.87. The Bertz CT molecular complexity index is 1120. The third-order valence-electron chi connectivity index (χ3n) is 4.46. The van der Waals surface area contributed by atoms with Gasteiger partial charge in [0, 0.05) is 12.7 Å². The van der Waals surface area contributed by atoms with E-state index < -0.39 is 10.0 Å². The fourth-order valence-corrected chi connectivity index (χ4v) is 4.00. The number of carbonyl (C=O) groups excluding carboxylic acids is 1. The van der Waals surface area contributed by atoms with Crippen LogP contribution in [-0.4, -0.2) is 50.5 Å².